The summed E-state index contributed by atoms with van der Waals surface area (Å²) in [5.41, 5.74) is 0.904. The average Bonchev–Trinajstić information content (AvgIpc) is 2.85. The van der Waals surface area contributed by atoms with E-state index < -0.39 is 26.5 Å². The first-order chi connectivity index (χ1) is 11.8. The van der Waals surface area contributed by atoms with Crippen LogP contribution in [0.3, 0.4) is 0 Å². The molecule has 0 radical (unpaired) electrons. The van der Waals surface area contributed by atoms with Crippen molar-refractivity contribution < 1.29 is 8.63 Å². The van der Waals surface area contributed by atoms with Gasteiger partial charge in [0.05, 0.1) is 12.3 Å². The molecule has 2 N–H and O–H groups in total. The Morgan fingerprint density at radius 3 is 2.07 bits per heavy atom. The molecular formula is C18H40N4O2SSi2. The van der Waals surface area contributed by atoms with Gasteiger partial charge in [0.1, 0.15) is 9.92 Å². The van der Waals surface area contributed by atoms with E-state index in [1.54, 1.807) is 0 Å². The number of hydrogen-bond acceptors (Lipinski definition) is 4. The van der Waals surface area contributed by atoms with Crippen LogP contribution in [0.5, 0.6) is 0 Å². The maximum Gasteiger partial charge on any atom is 0.195 e. The van der Waals surface area contributed by atoms with Gasteiger partial charge in [-0.1, -0.05) is 41.5 Å². The summed E-state index contributed by atoms with van der Waals surface area (Å²) in [7, 11) is -7.08. The molecule has 0 aromatic carbocycles. The molecule has 1 heterocycles. The second-order valence-electron chi connectivity index (χ2n) is 10.3. The quantitative estimate of drug-likeness (QED) is 0.632. The lowest BCUT2D eigenvalue weighted by molar-refractivity contribution is 0.265. The normalized spacial score (nSPS) is 16.3. The molecule has 1 unspecified atom stereocenters. The van der Waals surface area contributed by atoms with Crippen LogP contribution in [0, 0.1) is 0 Å². The van der Waals surface area contributed by atoms with Crippen molar-refractivity contribution in [3.63, 3.8) is 0 Å². The molecule has 0 saturated carbocycles. The lowest BCUT2D eigenvalue weighted by Crippen LogP contribution is -2.40. The fraction of sp³-hybridized carbons (Fsp3) is 0.833. The summed E-state index contributed by atoms with van der Waals surface area (Å²) in [6.07, 6.45) is 0. The van der Waals surface area contributed by atoms with E-state index in [4.69, 9.17) is 9.56 Å². The minimum atomic E-state index is -3.03. The Bertz CT molecular complexity index is 780. The number of nitrogens with two attached hydrogens (primary N) is 1. The highest BCUT2D eigenvalue weighted by Gasteiger charge is 2.39. The van der Waals surface area contributed by atoms with E-state index in [0.29, 0.717) is 18.2 Å². The van der Waals surface area contributed by atoms with Crippen LogP contribution in [0.25, 0.3) is 0 Å². The first-order valence-corrected chi connectivity index (χ1v) is 17.0. The maximum atomic E-state index is 13.2. The number of aromatic nitrogens is 2. The minimum absolute atomic E-state index is 0.0311. The number of hydrogen-bond donors (Lipinski definition) is 1. The monoisotopic (exact) mass is 432 g/mol. The highest BCUT2D eigenvalue weighted by molar-refractivity contribution is 7.92. The predicted molar refractivity (Wildman–Crippen MR) is 120 cm³/mol. The standard InChI is InChI=1S/C18H40N4O2SSi2/c1-12-22-15(14-24-27(10,11)18(5,6)7)13-16(20-22)25(19,23)21-26(8,9)17(2,3)4/h13H,12,14H2,1-11H3,(H2,19,21,23). The average molecular weight is 433 g/mol. The molecule has 158 valence electrons. The van der Waals surface area contributed by atoms with E-state index in [1.165, 1.54) is 0 Å². The molecule has 6 nitrogen and oxygen atoms in total. The fourth-order valence-electron chi connectivity index (χ4n) is 1.96. The Kier molecular flexibility index (Phi) is 7.04. The Morgan fingerprint density at radius 2 is 1.67 bits per heavy atom. The molecule has 0 fully saturated rings. The van der Waals surface area contributed by atoms with Crippen LogP contribution in [-0.2, 0) is 27.5 Å². The van der Waals surface area contributed by atoms with Crippen LogP contribution in [-0.4, -0.2) is 30.5 Å². The van der Waals surface area contributed by atoms with Gasteiger partial charge in [-0.05, 0) is 43.2 Å². The second-order valence-corrected chi connectivity index (χ2v) is 22.0. The van der Waals surface area contributed by atoms with Gasteiger partial charge in [-0.2, -0.15) is 5.10 Å². The molecule has 0 aliphatic rings. The third kappa shape index (κ3) is 5.75. The van der Waals surface area contributed by atoms with Crippen LogP contribution in [0.4, 0.5) is 0 Å². The van der Waals surface area contributed by atoms with Gasteiger partial charge in [0.25, 0.3) is 0 Å². The van der Waals surface area contributed by atoms with Crippen molar-refractivity contribution in [3.05, 3.63) is 11.8 Å². The zero-order chi connectivity index (χ0) is 21.5. The van der Waals surface area contributed by atoms with Crippen LogP contribution in [0.2, 0.25) is 36.3 Å². The molecule has 27 heavy (non-hydrogen) atoms. The molecule has 1 atom stereocenters. The predicted octanol–water partition coefficient (Wildman–Crippen LogP) is 5.13. The SMILES string of the molecule is CCn1nc(S(N)(=O)=N[Si](C)(C)C(C)(C)C)cc1CO[Si](C)(C)C(C)(C)C. The molecule has 1 rings (SSSR count). The van der Waals surface area contributed by atoms with Gasteiger partial charge in [0.2, 0.25) is 0 Å². The smallest absolute Gasteiger partial charge is 0.195 e. The van der Waals surface area contributed by atoms with Crippen LogP contribution in [0.1, 0.15) is 54.2 Å². The molecule has 1 aromatic heterocycles. The van der Waals surface area contributed by atoms with E-state index >= 15 is 0 Å². The third-order valence-electron chi connectivity index (χ3n) is 6.03. The topological polar surface area (TPSA) is 82.5 Å². The van der Waals surface area contributed by atoms with Gasteiger partial charge < -0.3 is 4.43 Å². The highest BCUT2D eigenvalue weighted by Crippen LogP contribution is 2.38. The summed E-state index contributed by atoms with van der Waals surface area (Å²) in [6, 6.07) is 1.82. The second kappa shape index (κ2) is 7.74. The van der Waals surface area contributed by atoms with Gasteiger partial charge in [-0.15, -0.1) is 0 Å². The molecule has 0 spiro atoms. The zero-order valence-corrected chi connectivity index (χ0v) is 22.0. The number of rotatable bonds is 6. The summed E-state index contributed by atoms with van der Waals surface area (Å²) >= 11 is 0. The van der Waals surface area contributed by atoms with Gasteiger partial charge in [0, 0.05) is 12.6 Å². The Labute approximate surface area is 168 Å². The van der Waals surface area contributed by atoms with Crippen LogP contribution >= 0.6 is 0 Å². The summed E-state index contributed by atoms with van der Waals surface area (Å²) < 4.78 is 26.0. The highest BCUT2D eigenvalue weighted by atomic mass is 32.2. The van der Waals surface area contributed by atoms with Gasteiger partial charge in [-0.3, -0.25) is 8.71 Å². The lowest BCUT2D eigenvalue weighted by Gasteiger charge is -2.36. The lowest BCUT2D eigenvalue weighted by atomic mass is 10.2. The molecular weight excluding hydrogens is 392 g/mol. The van der Waals surface area contributed by atoms with Gasteiger partial charge >= 0.3 is 0 Å². The first-order valence-electron chi connectivity index (χ1n) is 9.61. The van der Waals surface area contributed by atoms with Crippen molar-refractivity contribution >= 4 is 26.5 Å². The number of aryl methyl sites for hydroxylation is 1. The van der Waals surface area contributed by atoms with Crippen molar-refractivity contribution in [2.24, 2.45) is 9.17 Å². The molecule has 0 saturated heterocycles. The van der Waals surface area contributed by atoms with E-state index in [1.807, 2.05) is 17.7 Å². The van der Waals surface area contributed by atoms with E-state index in [2.05, 4.69) is 76.9 Å². The Morgan fingerprint density at radius 1 is 1.15 bits per heavy atom. The molecule has 0 aliphatic carbocycles. The summed E-state index contributed by atoms with van der Waals surface area (Å²) in [6.45, 7) is 24.8. The summed E-state index contributed by atoms with van der Waals surface area (Å²) in [5.74, 6) is 0. The van der Waals surface area contributed by atoms with Crippen LogP contribution in [0.15, 0.2) is 15.1 Å². The van der Waals surface area contributed by atoms with Crippen molar-refractivity contribution in [2.45, 2.75) is 103 Å². The molecule has 9 heteroatoms. The van der Waals surface area contributed by atoms with Crippen molar-refractivity contribution in [2.75, 3.05) is 0 Å². The zero-order valence-electron chi connectivity index (χ0n) is 19.1. The minimum Gasteiger partial charge on any atom is -0.411 e. The molecule has 0 amide bonds. The third-order valence-corrected chi connectivity index (χ3v) is 17.9. The fourth-order valence-corrected chi connectivity index (χ4v) is 7.60. The van der Waals surface area contributed by atoms with Crippen molar-refractivity contribution in [1.29, 1.82) is 0 Å². The largest absolute Gasteiger partial charge is 0.411 e. The van der Waals surface area contributed by atoms with E-state index in [0.717, 1.165) is 5.69 Å². The van der Waals surface area contributed by atoms with E-state index in [-0.39, 0.29) is 10.1 Å². The van der Waals surface area contributed by atoms with Gasteiger partial charge in [-0.25, -0.2) is 9.35 Å². The Hall–Kier alpha value is -0.486. The summed E-state index contributed by atoms with van der Waals surface area (Å²) in [4.78, 5) is 0. The van der Waals surface area contributed by atoms with Crippen molar-refractivity contribution in [1.82, 2.24) is 9.78 Å². The van der Waals surface area contributed by atoms with Gasteiger partial charge in [0.15, 0.2) is 21.6 Å². The van der Waals surface area contributed by atoms with Crippen LogP contribution < -0.4 is 5.14 Å². The molecule has 0 bridgehead atoms. The number of nitrogens with zero attached hydrogens (tertiary/aromatic N) is 3. The summed E-state index contributed by atoms with van der Waals surface area (Å²) in [5, 5.41) is 11.2. The molecule has 1 aromatic rings. The first kappa shape index (κ1) is 24.6. The maximum absolute atomic E-state index is 13.2. The van der Waals surface area contributed by atoms with E-state index in [9.17, 15) is 4.21 Å². The Balaban J connectivity index is 3.26. The van der Waals surface area contributed by atoms with Crippen molar-refractivity contribution in [3.8, 4) is 0 Å². The molecule has 0 aliphatic heterocycles.